The Balaban J connectivity index is 0. The summed E-state index contributed by atoms with van der Waals surface area (Å²) >= 11 is 0. The van der Waals surface area contributed by atoms with Gasteiger partial charge in [-0.3, -0.25) is 0 Å². The third-order valence-corrected chi connectivity index (χ3v) is 2.83. The highest BCUT2D eigenvalue weighted by Gasteiger charge is 2.03. The van der Waals surface area contributed by atoms with Gasteiger partial charge in [0.2, 0.25) is 0 Å². The van der Waals surface area contributed by atoms with Gasteiger partial charge in [-0.25, -0.2) is 8.51 Å². The molecule has 0 aliphatic rings. The van der Waals surface area contributed by atoms with Gasteiger partial charge >= 0.3 is 0 Å². The van der Waals surface area contributed by atoms with Crippen LogP contribution in [0.3, 0.4) is 0 Å². The van der Waals surface area contributed by atoms with Crippen LogP contribution >= 0.6 is 0 Å². The zero-order valence-electron chi connectivity index (χ0n) is 8.39. The Kier molecular flexibility index (Phi) is 12.6. The number of hydrogen-bond acceptors (Lipinski definition) is 1. The molecule has 0 bridgehead atoms. The van der Waals surface area contributed by atoms with Crippen molar-refractivity contribution >= 4 is 11.0 Å². The molecule has 0 aromatic rings. The Bertz CT molecular complexity index is 92.1. The lowest BCUT2D eigenvalue weighted by Gasteiger charge is -2.14. The van der Waals surface area contributed by atoms with Gasteiger partial charge in [-0.05, 0) is 0 Å². The second-order valence-corrected chi connectivity index (χ2v) is 3.46. The van der Waals surface area contributed by atoms with Crippen molar-refractivity contribution in [2.75, 3.05) is 18.8 Å². The minimum atomic E-state index is -0.731. The molecular formula is C8H21NOS. The third-order valence-electron chi connectivity index (χ3n) is 1.24. The summed E-state index contributed by atoms with van der Waals surface area (Å²) in [7, 11) is -0.731. The fourth-order valence-electron chi connectivity index (χ4n) is 0.694. The molecule has 1 atom stereocenters. The zero-order chi connectivity index (χ0) is 9.28. The standard InChI is InChI=1S/C6H15NOS.C2H6/c1-4-7(5-2)9(8)6-3;1-2/h4-6H2,1-3H3;1-2H3. The Labute approximate surface area is 73.6 Å². The average molecular weight is 179 g/mol. The molecule has 0 aliphatic carbocycles. The van der Waals surface area contributed by atoms with Crippen molar-refractivity contribution in [3.05, 3.63) is 0 Å². The predicted octanol–water partition coefficient (Wildman–Crippen LogP) is 2.04. The predicted molar refractivity (Wildman–Crippen MR) is 53.0 cm³/mol. The molecule has 0 spiro atoms. The van der Waals surface area contributed by atoms with E-state index in [9.17, 15) is 4.21 Å². The lowest BCUT2D eigenvalue weighted by molar-refractivity contribution is 0.490. The topological polar surface area (TPSA) is 20.3 Å². The van der Waals surface area contributed by atoms with Gasteiger partial charge in [0, 0.05) is 18.8 Å². The first-order chi connectivity index (χ1) is 5.26. The van der Waals surface area contributed by atoms with E-state index in [-0.39, 0.29) is 0 Å². The van der Waals surface area contributed by atoms with E-state index in [0.29, 0.717) is 0 Å². The second-order valence-electron chi connectivity index (χ2n) is 1.72. The molecule has 70 valence electrons. The van der Waals surface area contributed by atoms with Crippen LogP contribution in [0.15, 0.2) is 0 Å². The molecule has 0 N–H and O–H groups in total. The monoisotopic (exact) mass is 179 g/mol. The summed E-state index contributed by atoms with van der Waals surface area (Å²) in [5.41, 5.74) is 0. The lowest BCUT2D eigenvalue weighted by atomic mass is 10.7. The molecule has 0 aromatic carbocycles. The molecule has 0 saturated carbocycles. The van der Waals surface area contributed by atoms with E-state index in [2.05, 4.69) is 0 Å². The van der Waals surface area contributed by atoms with Crippen molar-refractivity contribution < 1.29 is 4.21 Å². The van der Waals surface area contributed by atoms with E-state index >= 15 is 0 Å². The van der Waals surface area contributed by atoms with Crippen LogP contribution in [0, 0.1) is 0 Å². The van der Waals surface area contributed by atoms with Gasteiger partial charge < -0.3 is 0 Å². The van der Waals surface area contributed by atoms with Crippen LogP contribution in [0.1, 0.15) is 34.6 Å². The molecule has 0 radical (unpaired) electrons. The second kappa shape index (κ2) is 10.1. The molecule has 2 nitrogen and oxygen atoms in total. The SMILES string of the molecule is CC.CCN(CC)S(=O)CC. The maximum absolute atomic E-state index is 11.0. The van der Waals surface area contributed by atoms with Crippen LogP contribution in [0.5, 0.6) is 0 Å². The maximum Gasteiger partial charge on any atom is 0.0939 e. The first-order valence-electron chi connectivity index (χ1n) is 4.39. The van der Waals surface area contributed by atoms with Crippen LogP contribution in [-0.2, 0) is 11.0 Å². The number of nitrogens with zero attached hydrogens (tertiary/aromatic N) is 1. The van der Waals surface area contributed by atoms with Gasteiger partial charge in [-0.15, -0.1) is 0 Å². The van der Waals surface area contributed by atoms with Crippen LogP contribution in [0.4, 0.5) is 0 Å². The van der Waals surface area contributed by atoms with Crippen molar-refractivity contribution in [2.24, 2.45) is 0 Å². The zero-order valence-corrected chi connectivity index (χ0v) is 9.20. The van der Waals surface area contributed by atoms with Crippen LogP contribution in [-0.4, -0.2) is 27.4 Å². The van der Waals surface area contributed by atoms with Gasteiger partial charge in [0.15, 0.2) is 0 Å². The highest BCUT2D eigenvalue weighted by atomic mass is 32.2. The van der Waals surface area contributed by atoms with Gasteiger partial charge in [-0.2, -0.15) is 0 Å². The fourth-order valence-corrected chi connectivity index (χ4v) is 1.64. The summed E-state index contributed by atoms with van der Waals surface area (Å²) in [4.78, 5) is 0. The Hall–Kier alpha value is 0.110. The highest BCUT2D eigenvalue weighted by molar-refractivity contribution is 7.82. The van der Waals surface area contributed by atoms with Crippen LogP contribution in [0.25, 0.3) is 0 Å². The smallest absolute Gasteiger partial charge is 0.0939 e. The van der Waals surface area contributed by atoms with Gasteiger partial charge in [0.05, 0.1) is 11.0 Å². The van der Waals surface area contributed by atoms with Crippen molar-refractivity contribution in [3.63, 3.8) is 0 Å². The van der Waals surface area contributed by atoms with Crippen LogP contribution < -0.4 is 0 Å². The van der Waals surface area contributed by atoms with E-state index < -0.39 is 11.0 Å². The normalized spacial score (nSPS) is 12.2. The lowest BCUT2D eigenvalue weighted by Crippen LogP contribution is -2.26. The Morgan fingerprint density at radius 1 is 1.09 bits per heavy atom. The maximum atomic E-state index is 11.0. The van der Waals surface area contributed by atoms with E-state index in [0.717, 1.165) is 18.8 Å². The molecule has 11 heavy (non-hydrogen) atoms. The fraction of sp³-hybridized carbons (Fsp3) is 1.00. The molecule has 0 aromatic heterocycles. The number of hydrogen-bond donors (Lipinski definition) is 0. The van der Waals surface area contributed by atoms with Gasteiger partial charge in [-0.1, -0.05) is 34.6 Å². The Morgan fingerprint density at radius 3 is 1.55 bits per heavy atom. The highest BCUT2D eigenvalue weighted by Crippen LogP contribution is 1.92. The van der Waals surface area contributed by atoms with Crippen LogP contribution in [0.2, 0.25) is 0 Å². The minimum absolute atomic E-state index is 0.731. The first kappa shape index (κ1) is 13.7. The minimum Gasteiger partial charge on any atom is -0.243 e. The largest absolute Gasteiger partial charge is 0.243 e. The molecule has 3 heteroatoms. The van der Waals surface area contributed by atoms with Gasteiger partial charge in [0.1, 0.15) is 0 Å². The van der Waals surface area contributed by atoms with E-state index in [1.165, 1.54) is 0 Å². The van der Waals surface area contributed by atoms with Crippen molar-refractivity contribution in [2.45, 2.75) is 34.6 Å². The summed E-state index contributed by atoms with van der Waals surface area (Å²) in [5.74, 6) is 0.738. The van der Waals surface area contributed by atoms with E-state index in [1.807, 2.05) is 38.9 Å². The summed E-state index contributed by atoms with van der Waals surface area (Å²) in [6.45, 7) is 11.8. The molecule has 0 fully saturated rings. The summed E-state index contributed by atoms with van der Waals surface area (Å²) in [5, 5.41) is 0. The first-order valence-corrected chi connectivity index (χ1v) is 5.67. The molecule has 0 rings (SSSR count). The summed E-state index contributed by atoms with van der Waals surface area (Å²) in [6, 6.07) is 0. The van der Waals surface area contributed by atoms with Crippen molar-refractivity contribution in [1.29, 1.82) is 0 Å². The van der Waals surface area contributed by atoms with Gasteiger partial charge in [0.25, 0.3) is 0 Å². The van der Waals surface area contributed by atoms with E-state index in [4.69, 9.17) is 0 Å². The van der Waals surface area contributed by atoms with Crippen molar-refractivity contribution in [1.82, 2.24) is 4.31 Å². The molecule has 0 saturated heterocycles. The Morgan fingerprint density at radius 2 is 1.45 bits per heavy atom. The van der Waals surface area contributed by atoms with E-state index in [1.54, 1.807) is 0 Å². The quantitative estimate of drug-likeness (QED) is 0.646. The van der Waals surface area contributed by atoms with Crippen molar-refractivity contribution in [3.8, 4) is 0 Å². The summed E-state index contributed by atoms with van der Waals surface area (Å²) < 4.78 is 13.0. The molecule has 0 aliphatic heterocycles. The molecular weight excluding hydrogens is 158 g/mol. The number of rotatable bonds is 4. The third kappa shape index (κ3) is 6.51. The average Bonchev–Trinajstić information content (AvgIpc) is 2.10. The molecule has 0 amide bonds. The molecule has 0 heterocycles. The summed E-state index contributed by atoms with van der Waals surface area (Å²) in [6.07, 6.45) is 0. The molecule has 1 unspecified atom stereocenters.